The monoisotopic (exact) mass is 425 g/mol. The molecule has 0 aliphatic carbocycles. The Kier molecular flexibility index (Phi) is 6.41. The highest BCUT2D eigenvalue weighted by molar-refractivity contribution is 5.99. The molecule has 0 unspecified atom stereocenters. The highest BCUT2D eigenvalue weighted by atomic mass is 16.5. The standard InChI is InChI=1S/C28H27NO3/c1-4-32-28(30)27-20(2)29(18-21-8-6-5-7-9-21)19-26(27)24-12-10-22(11-13-24)23-14-16-25(31-3)17-15-23/h5-17,19H,4,18H2,1-3H3. The van der Waals surface area contributed by atoms with Gasteiger partial charge in [0.15, 0.2) is 0 Å². The maximum Gasteiger partial charge on any atom is 0.340 e. The van der Waals surface area contributed by atoms with Gasteiger partial charge in [0.25, 0.3) is 0 Å². The van der Waals surface area contributed by atoms with Gasteiger partial charge < -0.3 is 14.0 Å². The second kappa shape index (κ2) is 9.56. The summed E-state index contributed by atoms with van der Waals surface area (Å²) >= 11 is 0. The van der Waals surface area contributed by atoms with Crippen molar-refractivity contribution in [1.29, 1.82) is 0 Å². The van der Waals surface area contributed by atoms with Gasteiger partial charge in [0, 0.05) is 24.0 Å². The van der Waals surface area contributed by atoms with Crippen LogP contribution in [0.15, 0.2) is 85.1 Å². The minimum atomic E-state index is -0.286. The highest BCUT2D eigenvalue weighted by Gasteiger charge is 2.21. The molecule has 4 heteroatoms. The zero-order valence-electron chi connectivity index (χ0n) is 18.7. The van der Waals surface area contributed by atoms with Crippen molar-refractivity contribution in [3.8, 4) is 28.0 Å². The summed E-state index contributed by atoms with van der Waals surface area (Å²) in [6.07, 6.45) is 2.05. The lowest BCUT2D eigenvalue weighted by Gasteiger charge is -2.08. The van der Waals surface area contributed by atoms with Crippen LogP contribution in [0.1, 0.15) is 28.5 Å². The summed E-state index contributed by atoms with van der Waals surface area (Å²) in [7, 11) is 1.66. The average Bonchev–Trinajstić information content (AvgIpc) is 3.16. The number of rotatable bonds is 7. The third-order valence-corrected chi connectivity index (χ3v) is 5.64. The number of methoxy groups -OCH3 is 1. The van der Waals surface area contributed by atoms with Crippen LogP contribution in [0.2, 0.25) is 0 Å². The highest BCUT2D eigenvalue weighted by Crippen LogP contribution is 2.32. The largest absolute Gasteiger partial charge is 0.497 e. The number of carbonyl (C=O) groups excluding carboxylic acids is 1. The van der Waals surface area contributed by atoms with Crippen LogP contribution in [-0.2, 0) is 11.3 Å². The van der Waals surface area contributed by atoms with Crippen molar-refractivity contribution < 1.29 is 14.3 Å². The maximum absolute atomic E-state index is 12.8. The fraction of sp³-hybridized carbons (Fsp3) is 0.179. The summed E-state index contributed by atoms with van der Waals surface area (Å²) in [5.41, 5.74) is 6.80. The van der Waals surface area contributed by atoms with E-state index >= 15 is 0 Å². The predicted octanol–water partition coefficient (Wildman–Crippen LogP) is 6.36. The van der Waals surface area contributed by atoms with Crippen LogP contribution in [-0.4, -0.2) is 24.3 Å². The smallest absolute Gasteiger partial charge is 0.340 e. The number of nitrogens with zero attached hydrogens (tertiary/aromatic N) is 1. The zero-order chi connectivity index (χ0) is 22.5. The number of ether oxygens (including phenoxy) is 2. The number of carbonyl (C=O) groups is 1. The Balaban J connectivity index is 1.70. The molecule has 0 N–H and O–H groups in total. The fourth-order valence-corrected chi connectivity index (χ4v) is 3.91. The SMILES string of the molecule is CCOC(=O)c1c(-c2ccc(-c3ccc(OC)cc3)cc2)cn(Cc2ccccc2)c1C. The quantitative estimate of drug-likeness (QED) is 0.323. The van der Waals surface area contributed by atoms with E-state index in [0.29, 0.717) is 18.7 Å². The molecule has 0 saturated carbocycles. The first-order valence-corrected chi connectivity index (χ1v) is 10.8. The molecule has 0 radical (unpaired) electrons. The maximum atomic E-state index is 12.8. The number of esters is 1. The Morgan fingerprint density at radius 1 is 0.844 bits per heavy atom. The van der Waals surface area contributed by atoms with Crippen molar-refractivity contribution in [2.24, 2.45) is 0 Å². The van der Waals surface area contributed by atoms with Gasteiger partial charge in [-0.1, -0.05) is 66.7 Å². The molecule has 0 amide bonds. The van der Waals surface area contributed by atoms with Gasteiger partial charge in [0.2, 0.25) is 0 Å². The first kappa shape index (κ1) is 21.4. The van der Waals surface area contributed by atoms with Gasteiger partial charge in [-0.2, -0.15) is 0 Å². The van der Waals surface area contributed by atoms with E-state index in [2.05, 4.69) is 47.2 Å². The molecule has 0 saturated heterocycles. The molecular formula is C28H27NO3. The molecule has 4 nitrogen and oxygen atoms in total. The van der Waals surface area contributed by atoms with Gasteiger partial charge >= 0.3 is 5.97 Å². The van der Waals surface area contributed by atoms with Crippen LogP contribution in [0.5, 0.6) is 5.75 Å². The summed E-state index contributed by atoms with van der Waals surface area (Å²) in [5, 5.41) is 0. The molecule has 0 atom stereocenters. The fourth-order valence-electron chi connectivity index (χ4n) is 3.91. The number of hydrogen-bond donors (Lipinski definition) is 0. The van der Waals surface area contributed by atoms with Crippen molar-refractivity contribution in [3.63, 3.8) is 0 Å². The second-order valence-electron chi connectivity index (χ2n) is 7.64. The second-order valence-corrected chi connectivity index (χ2v) is 7.64. The van der Waals surface area contributed by atoms with E-state index in [0.717, 1.165) is 33.7 Å². The van der Waals surface area contributed by atoms with Crippen molar-refractivity contribution in [1.82, 2.24) is 4.57 Å². The van der Waals surface area contributed by atoms with E-state index in [1.165, 1.54) is 5.56 Å². The normalized spacial score (nSPS) is 10.7. The van der Waals surface area contributed by atoms with Gasteiger partial charge in [-0.05, 0) is 48.2 Å². The van der Waals surface area contributed by atoms with E-state index < -0.39 is 0 Å². The van der Waals surface area contributed by atoms with E-state index in [-0.39, 0.29) is 5.97 Å². The van der Waals surface area contributed by atoms with Crippen LogP contribution in [0, 0.1) is 6.92 Å². The molecule has 4 rings (SSSR count). The molecular weight excluding hydrogens is 398 g/mol. The summed E-state index contributed by atoms with van der Waals surface area (Å²) < 4.78 is 12.8. The Labute approximate surface area is 189 Å². The van der Waals surface area contributed by atoms with E-state index in [9.17, 15) is 4.79 Å². The van der Waals surface area contributed by atoms with Gasteiger partial charge in [-0.15, -0.1) is 0 Å². The Bertz CT molecular complexity index is 1190. The van der Waals surface area contributed by atoms with Gasteiger partial charge in [0.05, 0.1) is 19.3 Å². The van der Waals surface area contributed by atoms with Crippen molar-refractivity contribution in [2.75, 3.05) is 13.7 Å². The van der Waals surface area contributed by atoms with Crippen LogP contribution in [0.3, 0.4) is 0 Å². The number of benzene rings is 3. The first-order valence-electron chi connectivity index (χ1n) is 10.8. The van der Waals surface area contributed by atoms with E-state index in [4.69, 9.17) is 9.47 Å². The summed E-state index contributed by atoms with van der Waals surface area (Å²) in [5.74, 6) is 0.547. The molecule has 4 aromatic rings. The van der Waals surface area contributed by atoms with Crippen molar-refractivity contribution >= 4 is 5.97 Å². The average molecular weight is 426 g/mol. The van der Waals surface area contributed by atoms with E-state index in [1.54, 1.807) is 7.11 Å². The predicted molar refractivity (Wildman–Crippen MR) is 128 cm³/mol. The third-order valence-electron chi connectivity index (χ3n) is 5.64. The molecule has 0 spiro atoms. The number of aromatic nitrogens is 1. The minimum absolute atomic E-state index is 0.286. The zero-order valence-corrected chi connectivity index (χ0v) is 18.7. The molecule has 1 aromatic heterocycles. The molecule has 0 aliphatic heterocycles. The first-order chi connectivity index (χ1) is 15.6. The lowest BCUT2D eigenvalue weighted by molar-refractivity contribution is 0.0526. The lowest BCUT2D eigenvalue weighted by Crippen LogP contribution is -2.08. The Morgan fingerprint density at radius 3 is 2.03 bits per heavy atom. The van der Waals surface area contributed by atoms with Crippen molar-refractivity contribution in [2.45, 2.75) is 20.4 Å². The molecule has 1 heterocycles. The van der Waals surface area contributed by atoms with Crippen molar-refractivity contribution in [3.05, 3.63) is 102 Å². The Morgan fingerprint density at radius 2 is 1.44 bits per heavy atom. The van der Waals surface area contributed by atoms with Gasteiger partial charge in [-0.3, -0.25) is 0 Å². The molecule has 0 aliphatic rings. The Hall–Kier alpha value is -3.79. The molecule has 162 valence electrons. The molecule has 0 bridgehead atoms. The van der Waals surface area contributed by atoms with Crippen LogP contribution >= 0.6 is 0 Å². The third kappa shape index (κ3) is 4.45. The molecule has 0 fully saturated rings. The van der Waals surface area contributed by atoms with E-state index in [1.807, 2.05) is 56.3 Å². The van der Waals surface area contributed by atoms with Gasteiger partial charge in [-0.25, -0.2) is 4.79 Å². The van der Waals surface area contributed by atoms with Crippen LogP contribution < -0.4 is 4.74 Å². The minimum Gasteiger partial charge on any atom is -0.497 e. The molecule has 3 aromatic carbocycles. The van der Waals surface area contributed by atoms with Crippen LogP contribution in [0.25, 0.3) is 22.3 Å². The summed E-state index contributed by atoms with van der Waals surface area (Å²) in [6, 6.07) is 26.5. The molecule has 32 heavy (non-hydrogen) atoms. The summed E-state index contributed by atoms with van der Waals surface area (Å²) in [6.45, 7) is 4.85. The summed E-state index contributed by atoms with van der Waals surface area (Å²) in [4.78, 5) is 12.8. The number of hydrogen-bond acceptors (Lipinski definition) is 3. The topological polar surface area (TPSA) is 40.5 Å². The van der Waals surface area contributed by atoms with Crippen LogP contribution in [0.4, 0.5) is 0 Å². The lowest BCUT2D eigenvalue weighted by atomic mass is 9.99. The van der Waals surface area contributed by atoms with Gasteiger partial charge in [0.1, 0.15) is 5.75 Å².